The maximum absolute atomic E-state index is 12.6. The third-order valence-electron chi connectivity index (χ3n) is 3.01. The molecule has 0 aliphatic heterocycles. The number of nitrogens with two attached hydrogens (primary N) is 1. The quantitative estimate of drug-likeness (QED) is 0.847. The Bertz CT molecular complexity index is 655. The van der Waals surface area contributed by atoms with Gasteiger partial charge in [-0.15, -0.1) is 0 Å². The molecule has 0 spiro atoms. The fourth-order valence-electron chi connectivity index (χ4n) is 2.18. The highest BCUT2D eigenvalue weighted by atomic mass is 19.4. The third kappa shape index (κ3) is 3.22. The number of benzene rings is 1. The van der Waals surface area contributed by atoms with Crippen molar-refractivity contribution >= 4 is 17.0 Å². The fraction of sp³-hybridized carbons (Fsp3) is 0.417. The number of alkyl halides is 6. The highest BCUT2D eigenvalue weighted by molar-refractivity contribution is 5.79. The molecule has 1 aromatic heterocycles. The van der Waals surface area contributed by atoms with Gasteiger partial charge in [-0.25, -0.2) is 4.98 Å². The van der Waals surface area contributed by atoms with Crippen LogP contribution in [0.2, 0.25) is 0 Å². The van der Waals surface area contributed by atoms with E-state index < -0.39 is 30.4 Å². The van der Waals surface area contributed by atoms with Crippen LogP contribution in [0.5, 0.6) is 0 Å². The van der Waals surface area contributed by atoms with Crippen LogP contribution in [0.3, 0.4) is 0 Å². The molecule has 1 unspecified atom stereocenters. The van der Waals surface area contributed by atoms with E-state index in [0.29, 0.717) is 0 Å². The smallest absolute Gasteiger partial charge is 0.369 e. The van der Waals surface area contributed by atoms with Gasteiger partial charge in [-0.05, 0) is 25.1 Å². The molecule has 2 rings (SSSR count). The molecule has 116 valence electrons. The minimum absolute atomic E-state index is 0.0867. The van der Waals surface area contributed by atoms with Crippen LogP contribution in [0.15, 0.2) is 18.2 Å². The van der Waals surface area contributed by atoms with Gasteiger partial charge in [0.05, 0.1) is 23.0 Å². The van der Waals surface area contributed by atoms with Crippen LogP contribution >= 0.6 is 0 Å². The second kappa shape index (κ2) is 4.81. The van der Waals surface area contributed by atoms with Crippen molar-refractivity contribution in [2.75, 3.05) is 5.73 Å². The molecule has 3 nitrogen and oxygen atoms in total. The average Bonchev–Trinajstić information content (AvgIpc) is 2.59. The summed E-state index contributed by atoms with van der Waals surface area (Å²) in [4.78, 5) is 3.71. The Balaban J connectivity index is 2.49. The van der Waals surface area contributed by atoms with E-state index in [2.05, 4.69) is 4.98 Å². The number of hydrogen-bond donors (Lipinski definition) is 1. The minimum atomic E-state index is -4.55. The van der Waals surface area contributed by atoms with Crippen LogP contribution in [-0.2, 0) is 6.18 Å². The maximum atomic E-state index is 12.6. The van der Waals surface area contributed by atoms with Crippen molar-refractivity contribution < 1.29 is 26.3 Å². The first kappa shape index (κ1) is 15.5. The molecule has 0 saturated carbocycles. The second-order valence-corrected chi connectivity index (χ2v) is 4.71. The molecule has 0 bridgehead atoms. The van der Waals surface area contributed by atoms with Gasteiger partial charge in [0.2, 0.25) is 5.95 Å². The van der Waals surface area contributed by atoms with E-state index in [-0.39, 0.29) is 17.0 Å². The van der Waals surface area contributed by atoms with Gasteiger partial charge < -0.3 is 10.3 Å². The first-order chi connectivity index (χ1) is 9.49. The fourth-order valence-corrected chi connectivity index (χ4v) is 2.18. The van der Waals surface area contributed by atoms with E-state index in [4.69, 9.17) is 5.73 Å². The van der Waals surface area contributed by atoms with Crippen LogP contribution in [0.4, 0.5) is 32.3 Å². The summed E-state index contributed by atoms with van der Waals surface area (Å²) in [6, 6.07) is 1.57. The Hall–Kier alpha value is -1.93. The molecular weight excluding hydrogens is 300 g/mol. The monoisotopic (exact) mass is 311 g/mol. The van der Waals surface area contributed by atoms with Crippen molar-refractivity contribution in [2.24, 2.45) is 0 Å². The van der Waals surface area contributed by atoms with Crippen molar-refractivity contribution in [2.45, 2.75) is 31.7 Å². The van der Waals surface area contributed by atoms with Crippen LogP contribution in [0.25, 0.3) is 11.0 Å². The topological polar surface area (TPSA) is 43.8 Å². The molecule has 21 heavy (non-hydrogen) atoms. The van der Waals surface area contributed by atoms with Crippen molar-refractivity contribution in [3.63, 3.8) is 0 Å². The summed E-state index contributed by atoms with van der Waals surface area (Å²) in [6.07, 6.45) is -10.1. The summed E-state index contributed by atoms with van der Waals surface area (Å²) < 4.78 is 76.1. The molecule has 9 heteroatoms. The van der Waals surface area contributed by atoms with Gasteiger partial charge in [-0.2, -0.15) is 26.3 Å². The average molecular weight is 311 g/mol. The predicted molar refractivity (Wildman–Crippen MR) is 64.5 cm³/mol. The Kier molecular flexibility index (Phi) is 3.54. The van der Waals surface area contributed by atoms with E-state index in [1.54, 1.807) is 0 Å². The summed E-state index contributed by atoms with van der Waals surface area (Å²) in [6.45, 7) is 1.28. The third-order valence-corrected chi connectivity index (χ3v) is 3.01. The summed E-state index contributed by atoms with van der Waals surface area (Å²) in [5.41, 5.74) is 4.66. The van der Waals surface area contributed by atoms with Crippen LogP contribution in [0.1, 0.15) is 24.9 Å². The van der Waals surface area contributed by atoms with Crippen molar-refractivity contribution in [1.29, 1.82) is 0 Å². The first-order valence-electron chi connectivity index (χ1n) is 5.90. The zero-order valence-electron chi connectivity index (χ0n) is 10.8. The second-order valence-electron chi connectivity index (χ2n) is 4.71. The largest absolute Gasteiger partial charge is 0.416 e. The predicted octanol–water partition coefficient (Wildman–Crippen LogP) is 4.15. The minimum Gasteiger partial charge on any atom is -0.369 e. The Labute approximate surface area is 115 Å². The number of fused-ring (bicyclic) bond motifs is 1. The van der Waals surface area contributed by atoms with Crippen LogP contribution in [0, 0.1) is 0 Å². The number of nitrogens with zero attached hydrogens (tertiary/aromatic N) is 2. The lowest BCUT2D eigenvalue weighted by Crippen LogP contribution is -2.17. The molecule has 0 aliphatic carbocycles. The van der Waals surface area contributed by atoms with E-state index in [9.17, 15) is 26.3 Å². The lowest BCUT2D eigenvalue weighted by molar-refractivity contribution is -0.141. The van der Waals surface area contributed by atoms with Gasteiger partial charge in [-0.1, -0.05) is 0 Å². The number of halogens is 6. The highest BCUT2D eigenvalue weighted by Gasteiger charge is 2.33. The zero-order chi connectivity index (χ0) is 16.0. The van der Waals surface area contributed by atoms with Crippen molar-refractivity contribution in [3.8, 4) is 0 Å². The van der Waals surface area contributed by atoms with Gasteiger partial charge in [0.15, 0.2) is 0 Å². The van der Waals surface area contributed by atoms with E-state index in [1.165, 1.54) is 6.92 Å². The number of rotatable bonds is 2. The molecule has 1 heterocycles. The summed E-state index contributed by atoms with van der Waals surface area (Å²) in [7, 11) is 0. The molecule has 1 atom stereocenters. The molecule has 2 N–H and O–H groups in total. The molecule has 0 fully saturated rings. The van der Waals surface area contributed by atoms with Gasteiger partial charge in [-0.3, -0.25) is 0 Å². The van der Waals surface area contributed by atoms with Crippen molar-refractivity contribution in [3.05, 3.63) is 23.8 Å². The number of nitrogen functional groups attached to an aromatic ring is 1. The lowest BCUT2D eigenvalue weighted by Gasteiger charge is -2.17. The number of imidazole rings is 1. The van der Waals surface area contributed by atoms with Gasteiger partial charge in [0.25, 0.3) is 0 Å². The molecule has 0 radical (unpaired) electrons. The van der Waals surface area contributed by atoms with Gasteiger partial charge in [0.1, 0.15) is 0 Å². The van der Waals surface area contributed by atoms with Crippen LogP contribution in [-0.4, -0.2) is 15.7 Å². The summed E-state index contributed by atoms with van der Waals surface area (Å²) in [5.74, 6) is -0.249. The Morgan fingerprint density at radius 2 is 1.81 bits per heavy atom. The summed E-state index contributed by atoms with van der Waals surface area (Å²) >= 11 is 0. The van der Waals surface area contributed by atoms with E-state index in [0.717, 1.165) is 22.8 Å². The standard InChI is InChI=1S/C12H11F6N3/c1-6(5-11(13,14)15)21-9-3-2-7(12(16,17)18)4-8(9)20-10(21)19/h2-4,6H,5H2,1H3,(H2,19,20). The molecule has 2 aromatic rings. The van der Waals surface area contributed by atoms with Crippen molar-refractivity contribution in [1.82, 2.24) is 9.55 Å². The molecule has 0 amide bonds. The number of aromatic nitrogens is 2. The molecule has 0 aliphatic rings. The van der Waals surface area contributed by atoms with Gasteiger partial charge >= 0.3 is 12.4 Å². The zero-order valence-corrected chi connectivity index (χ0v) is 10.8. The van der Waals surface area contributed by atoms with Crippen LogP contribution < -0.4 is 5.73 Å². The molecule has 1 aromatic carbocycles. The van der Waals surface area contributed by atoms with E-state index in [1.807, 2.05) is 0 Å². The SMILES string of the molecule is CC(CC(F)(F)F)n1c(N)nc2cc(C(F)(F)F)ccc21. The Morgan fingerprint density at radius 3 is 2.33 bits per heavy atom. The summed E-state index contributed by atoms with van der Waals surface area (Å²) in [5, 5.41) is 0. The number of anilines is 1. The lowest BCUT2D eigenvalue weighted by atomic mass is 10.1. The van der Waals surface area contributed by atoms with E-state index >= 15 is 0 Å². The Morgan fingerprint density at radius 1 is 1.19 bits per heavy atom. The normalized spacial score (nSPS) is 14.6. The number of hydrogen-bond acceptors (Lipinski definition) is 2. The first-order valence-corrected chi connectivity index (χ1v) is 5.90. The molecule has 0 saturated heterocycles. The van der Waals surface area contributed by atoms with Gasteiger partial charge in [0, 0.05) is 6.04 Å². The molecular formula is C12H11F6N3. The maximum Gasteiger partial charge on any atom is 0.416 e. The highest BCUT2D eigenvalue weighted by Crippen LogP contribution is 2.35.